The van der Waals surface area contributed by atoms with Crippen molar-refractivity contribution in [3.63, 3.8) is 0 Å². The van der Waals surface area contributed by atoms with E-state index in [1.54, 1.807) is 0 Å². The van der Waals surface area contributed by atoms with Gasteiger partial charge in [-0.05, 0) is 49.9 Å². The van der Waals surface area contributed by atoms with Crippen LogP contribution in [-0.4, -0.2) is 43.0 Å². The van der Waals surface area contributed by atoms with Gasteiger partial charge in [-0.2, -0.15) is 0 Å². The standard InChI is InChI=1S/C18H24N2O3/c1-2-19-17(21)13-4-3-9-20(10-7-13)18(22)15-5-6-16-14(12-15)8-11-23-16/h5-6,12-13H,2-4,7-11H2,1H3,(H,19,21). The summed E-state index contributed by atoms with van der Waals surface area (Å²) in [6.07, 6.45) is 3.34. The molecule has 0 spiro atoms. The second-order valence-corrected chi connectivity index (χ2v) is 6.24. The molecule has 1 aromatic carbocycles. The van der Waals surface area contributed by atoms with Crippen LogP contribution in [0, 0.1) is 5.92 Å². The van der Waals surface area contributed by atoms with E-state index in [4.69, 9.17) is 4.74 Å². The molecule has 1 unspecified atom stereocenters. The van der Waals surface area contributed by atoms with Gasteiger partial charge < -0.3 is 15.0 Å². The number of likely N-dealkylation sites (tertiary alicyclic amines) is 1. The summed E-state index contributed by atoms with van der Waals surface area (Å²) >= 11 is 0. The molecule has 2 aliphatic rings. The average Bonchev–Trinajstić information content (AvgIpc) is 2.88. The van der Waals surface area contributed by atoms with Crippen molar-refractivity contribution in [1.82, 2.24) is 10.2 Å². The molecule has 1 aromatic rings. The molecule has 0 saturated carbocycles. The first-order chi connectivity index (χ1) is 11.2. The number of nitrogens with one attached hydrogen (secondary N) is 1. The maximum atomic E-state index is 12.7. The first kappa shape index (κ1) is 15.8. The fourth-order valence-electron chi connectivity index (χ4n) is 3.38. The van der Waals surface area contributed by atoms with Gasteiger partial charge in [0.25, 0.3) is 5.91 Å². The number of benzene rings is 1. The highest BCUT2D eigenvalue weighted by molar-refractivity contribution is 5.94. The average molecular weight is 316 g/mol. The zero-order valence-electron chi connectivity index (χ0n) is 13.6. The molecular weight excluding hydrogens is 292 g/mol. The second kappa shape index (κ2) is 7.02. The summed E-state index contributed by atoms with van der Waals surface area (Å²) in [5, 5.41) is 2.89. The van der Waals surface area contributed by atoms with Gasteiger partial charge in [-0.15, -0.1) is 0 Å². The van der Waals surface area contributed by atoms with Crippen molar-refractivity contribution >= 4 is 11.8 Å². The SMILES string of the molecule is CCNC(=O)C1CCCN(C(=O)c2ccc3c(c2)CCO3)CC1. The number of nitrogens with zero attached hydrogens (tertiary/aromatic N) is 1. The maximum Gasteiger partial charge on any atom is 0.253 e. The summed E-state index contributed by atoms with van der Waals surface area (Å²) in [6, 6.07) is 5.69. The number of carbonyl (C=O) groups is 2. The Morgan fingerprint density at radius 3 is 3.00 bits per heavy atom. The fraction of sp³-hybridized carbons (Fsp3) is 0.556. The molecule has 2 amide bonds. The van der Waals surface area contributed by atoms with Gasteiger partial charge in [-0.25, -0.2) is 0 Å². The molecule has 0 aliphatic carbocycles. The lowest BCUT2D eigenvalue weighted by Gasteiger charge is -2.21. The smallest absolute Gasteiger partial charge is 0.253 e. The quantitative estimate of drug-likeness (QED) is 0.928. The Morgan fingerprint density at radius 2 is 2.17 bits per heavy atom. The van der Waals surface area contributed by atoms with E-state index >= 15 is 0 Å². The molecule has 1 fully saturated rings. The lowest BCUT2D eigenvalue weighted by molar-refractivity contribution is -0.125. The van der Waals surface area contributed by atoms with E-state index < -0.39 is 0 Å². The first-order valence-electron chi connectivity index (χ1n) is 8.51. The molecule has 1 saturated heterocycles. The molecule has 5 heteroatoms. The largest absolute Gasteiger partial charge is 0.493 e. The highest BCUT2D eigenvalue weighted by Crippen LogP contribution is 2.27. The molecule has 0 aromatic heterocycles. The number of carbonyl (C=O) groups excluding carboxylic acids is 2. The first-order valence-corrected chi connectivity index (χ1v) is 8.51. The Hall–Kier alpha value is -2.04. The van der Waals surface area contributed by atoms with Crippen LogP contribution in [0.25, 0.3) is 0 Å². The van der Waals surface area contributed by atoms with E-state index in [0.717, 1.165) is 49.1 Å². The van der Waals surface area contributed by atoms with Gasteiger partial charge in [0.2, 0.25) is 5.91 Å². The topological polar surface area (TPSA) is 58.6 Å². The molecule has 124 valence electrons. The molecule has 5 nitrogen and oxygen atoms in total. The molecule has 0 radical (unpaired) electrons. The van der Waals surface area contributed by atoms with Gasteiger partial charge in [0.15, 0.2) is 0 Å². The van der Waals surface area contributed by atoms with Crippen LogP contribution >= 0.6 is 0 Å². The van der Waals surface area contributed by atoms with Gasteiger partial charge in [-0.1, -0.05) is 0 Å². The summed E-state index contributed by atoms with van der Waals surface area (Å²) in [7, 11) is 0. The lowest BCUT2D eigenvalue weighted by atomic mass is 10.00. The van der Waals surface area contributed by atoms with Gasteiger partial charge in [0.05, 0.1) is 6.61 Å². The number of hydrogen-bond donors (Lipinski definition) is 1. The van der Waals surface area contributed by atoms with Crippen LogP contribution in [0.15, 0.2) is 18.2 Å². The van der Waals surface area contributed by atoms with Crippen LogP contribution in [0.3, 0.4) is 0 Å². The molecule has 3 rings (SSSR count). The zero-order chi connectivity index (χ0) is 16.2. The molecule has 0 bridgehead atoms. The Balaban J connectivity index is 1.65. The summed E-state index contributed by atoms with van der Waals surface area (Å²) < 4.78 is 5.49. The van der Waals surface area contributed by atoms with Crippen molar-refractivity contribution < 1.29 is 14.3 Å². The minimum Gasteiger partial charge on any atom is -0.493 e. The lowest BCUT2D eigenvalue weighted by Crippen LogP contribution is -2.33. The van der Waals surface area contributed by atoms with Crippen LogP contribution in [-0.2, 0) is 11.2 Å². The third-order valence-electron chi connectivity index (χ3n) is 4.67. The van der Waals surface area contributed by atoms with Gasteiger partial charge >= 0.3 is 0 Å². The Kier molecular flexibility index (Phi) is 4.84. The van der Waals surface area contributed by atoms with Crippen molar-refractivity contribution in [2.45, 2.75) is 32.6 Å². The predicted molar refractivity (Wildman–Crippen MR) is 87.6 cm³/mol. The minimum atomic E-state index is 0.0289. The van der Waals surface area contributed by atoms with Crippen molar-refractivity contribution in [3.8, 4) is 5.75 Å². The van der Waals surface area contributed by atoms with E-state index in [0.29, 0.717) is 19.7 Å². The highest BCUT2D eigenvalue weighted by Gasteiger charge is 2.26. The van der Waals surface area contributed by atoms with Gasteiger partial charge in [-0.3, -0.25) is 9.59 Å². The molecular formula is C18H24N2O3. The van der Waals surface area contributed by atoms with Crippen molar-refractivity contribution in [2.75, 3.05) is 26.2 Å². The summed E-state index contributed by atoms with van der Waals surface area (Å²) in [4.78, 5) is 26.6. The summed E-state index contributed by atoms with van der Waals surface area (Å²) in [5.41, 5.74) is 1.84. The number of amides is 2. The molecule has 23 heavy (non-hydrogen) atoms. The minimum absolute atomic E-state index is 0.0289. The third kappa shape index (κ3) is 3.49. The zero-order valence-corrected chi connectivity index (χ0v) is 13.6. The van der Waals surface area contributed by atoms with E-state index in [1.807, 2.05) is 30.0 Å². The van der Waals surface area contributed by atoms with Crippen molar-refractivity contribution in [1.29, 1.82) is 0 Å². The van der Waals surface area contributed by atoms with Crippen molar-refractivity contribution in [3.05, 3.63) is 29.3 Å². The van der Waals surface area contributed by atoms with Crippen LogP contribution < -0.4 is 10.1 Å². The summed E-state index contributed by atoms with van der Waals surface area (Å²) in [5.74, 6) is 1.11. The molecule has 2 aliphatic heterocycles. The van der Waals surface area contributed by atoms with E-state index in [2.05, 4.69) is 5.32 Å². The normalized spacial score (nSPS) is 20.4. The highest BCUT2D eigenvalue weighted by atomic mass is 16.5. The Bertz CT molecular complexity index is 600. The number of fused-ring (bicyclic) bond motifs is 1. The Morgan fingerprint density at radius 1 is 1.30 bits per heavy atom. The van der Waals surface area contributed by atoms with Gasteiger partial charge in [0.1, 0.15) is 5.75 Å². The third-order valence-corrected chi connectivity index (χ3v) is 4.67. The van der Waals surface area contributed by atoms with Crippen LogP contribution in [0.5, 0.6) is 5.75 Å². The fourth-order valence-corrected chi connectivity index (χ4v) is 3.38. The van der Waals surface area contributed by atoms with E-state index in [1.165, 1.54) is 0 Å². The van der Waals surface area contributed by atoms with Crippen LogP contribution in [0.2, 0.25) is 0 Å². The Labute approximate surface area is 137 Å². The molecule has 2 heterocycles. The van der Waals surface area contributed by atoms with Crippen molar-refractivity contribution in [2.24, 2.45) is 5.92 Å². The van der Waals surface area contributed by atoms with Crippen LogP contribution in [0.4, 0.5) is 0 Å². The van der Waals surface area contributed by atoms with E-state index in [-0.39, 0.29) is 17.7 Å². The number of ether oxygens (including phenoxy) is 1. The predicted octanol–water partition coefficient (Wildman–Crippen LogP) is 2.00. The molecule has 1 atom stereocenters. The monoisotopic (exact) mass is 316 g/mol. The van der Waals surface area contributed by atoms with Gasteiger partial charge in [0, 0.05) is 37.5 Å². The number of rotatable bonds is 3. The molecule has 1 N–H and O–H groups in total. The van der Waals surface area contributed by atoms with Crippen LogP contribution in [0.1, 0.15) is 42.1 Å². The van der Waals surface area contributed by atoms with E-state index in [9.17, 15) is 9.59 Å². The number of hydrogen-bond acceptors (Lipinski definition) is 3. The maximum absolute atomic E-state index is 12.7. The second-order valence-electron chi connectivity index (χ2n) is 6.24. The summed E-state index contributed by atoms with van der Waals surface area (Å²) in [6.45, 7) is 4.67.